The monoisotopic (exact) mass is 296 g/mol. The van der Waals surface area contributed by atoms with Gasteiger partial charge in [0.1, 0.15) is 0 Å². The van der Waals surface area contributed by atoms with Crippen molar-refractivity contribution in [3.05, 3.63) is 18.2 Å². The molecule has 116 valence electrons. The summed E-state index contributed by atoms with van der Waals surface area (Å²) in [5, 5.41) is 11.4. The Kier molecular flexibility index (Phi) is 6.32. The predicted octanol–water partition coefficient (Wildman–Crippen LogP) is 2.03. The van der Waals surface area contributed by atoms with Crippen molar-refractivity contribution in [2.24, 2.45) is 0 Å². The molecule has 0 aliphatic carbocycles. The zero-order valence-electron chi connectivity index (χ0n) is 12.4. The largest absolute Gasteiger partial charge is 0.493 e. The van der Waals surface area contributed by atoms with Crippen LogP contribution in [0.15, 0.2) is 18.2 Å². The molecular weight excluding hydrogens is 276 g/mol. The van der Waals surface area contributed by atoms with Gasteiger partial charge in [-0.05, 0) is 19.1 Å². The smallest absolute Gasteiger partial charge is 0.321 e. The molecule has 0 saturated carbocycles. The van der Waals surface area contributed by atoms with Crippen molar-refractivity contribution in [3.63, 3.8) is 0 Å². The fourth-order valence-corrected chi connectivity index (χ4v) is 1.75. The van der Waals surface area contributed by atoms with Crippen LogP contribution in [0.5, 0.6) is 11.5 Å². The highest BCUT2D eigenvalue weighted by molar-refractivity contribution is 5.90. The summed E-state index contributed by atoms with van der Waals surface area (Å²) in [5.41, 5.74) is 0.548. The minimum Gasteiger partial charge on any atom is -0.493 e. The number of benzene rings is 1. The van der Waals surface area contributed by atoms with E-state index in [4.69, 9.17) is 14.6 Å². The second-order valence-corrected chi connectivity index (χ2v) is 4.22. The molecule has 0 aliphatic rings. The Morgan fingerprint density at radius 2 is 1.90 bits per heavy atom. The summed E-state index contributed by atoms with van der Waals surface area (Å²) >= 11 is 0. The lowest BCUT2D eigenvalue weighted by Gasteiger charge is -2.20. The maximum atomic E-state index is 12.1. The number of urea groups is 1. The third-order valence-electron chi connectivity index (χ3n) is 2.90. The van der Waals surface area contributed by atoms with Crippen molar-refractivity contribution in [3.8, 4) is 11.5 Å². The second kappa shape index (κ2) is 7.98. The first-order valence-electron chi connectivity index (χ1n) is 6.51. The number of rotatable bonds is 7. The summed E-state index contributed by atoms with van der Waals surface area (Å²) in [7, 11) is 3.04. The molecule has 7 heteroatoms. The van der Waals surface area contributed by atoms with Crippen LogP contribution in [0.1, 0.15) is 13.3 Å². The van der Waals surface area contributed by atoms with Crippen molar-refractivity contribution >= 4 is 17.7 Å². The van der Waals surface area contributed by atoms with Crippen LogP contribution in [0, 0.1) is 0 Å². The van der Waals surface area contributed by atoms with Gasteiger partial charge in [-0.25, -0.2) is 4.79 Å². The third-order valence-corrected chi connectivity index (χ3v) is 2.90. The molecule has 21 heavy (non-hydrogen) atoms. The summed E-state index contributed by atoms with van der Waals surface area (Å²) in [6.45, 7) is 2.37. The lowest BCUT2D eigenvalue weighted by Crippen LogP contribution is -2.36. The fraction of sp³-hybridized carbons (Fsp3) is 0.429. The Labute approximate surface area is 123 Å². The van der Waals surface area contributed by atoms with Gasteiger partial charge in [-0.1, -0.05) is 0 Å². The molecule has 0 bridgehead atoms. The maximum absolute atomic E-state index is 12.1. The van der Waals surface area contributed by atoms with Gasteiger partial charge in [0.15, 0.2) is 11.5 Å². The first kappa shape index (κ1) is 16.6. The summed E-state index contributed by atoms with van der Waals surface area (Å²) < 4.78 is 10.3. The normalized spacial score (nSPS) is 9.86. The van der Waals surface area contributed by atoms with Gasteiger partial charge >= 0.3 is 12.0 Å². The number of ether oxygens (including phenoxy) is 2. The van der Waals surface area contributed by atoms with Crippen molar-refractivity contribution in [1.82, 2.24) is 4.90 Å². The van der Waals surface area contributed by atoms with E-state index in [-0.39, 0.29) is 19.0 Å². The molecule has 1 rings (SSSR count). The van der Waals surface area contributed by atoms with E-state index >= 15 is 0 Å². The van der Waals surface area contributed by atoms with Crippen LogP contribution in [-0.4, -0.2) is 49.3 Å². The molecule has 7 nitrogen and oxygen atoms in total. The number of carbonyl (C=O) groups is 2. The Bertz CT molecular complexity index is 504. The predicted molar refractivity (Wildman–Crippen MR) is 78.1 cm³/mol. The van der Waals surface area contributed by atoms with E-state index in [2.05, 4.69) is 5.32 Å². The van der Waals surface area contributed by atoms with Gasteiger partial charge in [-0.2, -0.15) is 0 Å². The molecule has 0 heterocycles. The number of anilines is 1. The molecular formula is C14H20N2O5. The number of methoxy groups -OCH3 is 2. The molecule has 0 spiro atoms. The minimum atomic E-state index is -0.938. The number of amides is 2. The second-order valence-electron chi connectivity index (χ2n) is 4.22. The van der Waals surface area contributed by atoms with E-state index in [1.54, 1.807) is 25.1 Å². The summed E-state index contributed by atoms with van der Waals surface area (Å²) in [5.74, 6) is 0.130. The zero-order valence-corrected chi connectivity index (χ0v) is 12.4. The Morgan fingerprint density at radius 1 is 1.24 bits per heavy atom. The zero-order chi connectivity index (χ0) is 15.8. The van der Waals surface area contributed by atoms with E-state index in [0.717, 1.165) is 0 Å². The van der Waals surface area contributed by atoms with Crippen LogP contribution in [-0.2, 0) is 4.79 Å². The summed E-state index contributed by atoms with van der Waals surface area (Å²) in [6, 6.07) is 4.65. The van der Waals surface area contributed by atoms with Crippen LogP contribution in [0.25, 0.3) is 0 Å². The van der Waals surface area contributed by atoms with Crippen molar-refractivity contribution in [1.29, 1.82) is 0 Å². The van der Waals surface area contributed by atoms with Gasteiger partial charge in [0.2, 0.25) is 0 Å². The van der Waals surface area contributed by atoms with E-state index < -0.39 is 5.97 Å². The number of nitrogens with one attached hydrogen (secondary N) is 1. The number of carboxylic acids is 1. The maximum Gasteiger partial charge on any atom is 0.321 e. The third kappa shape index (κ3) is 4.87. The summed E-state index contributed by atoms with van der Waals surface area (Å²) in [4.78, 5) is 24.0. The molecule has 0 aliphatic heterocycles. The first-order chi connectivity index (χ1) is 10.0. The molecule has 0 fully saturated rings. The number of carboxylic acid groups (broad SMARTS) is 1. The lowest BCUT2D eigenvalue weighted by molar-refractivity contribution is -0.137. The molecule has 2 amide bonds. The highest BCUT2D eigenvalue weighted by Crippen LogP contribution is 2.29. The number of hydrogen-bond donors (Lipinski definition) is 2. The average Bonchev–Trinajstić information content (AvgIpc) is 2.47. The Morgan fingerprint density at radius 3 is 2.43 bits per heavy atom. The summed E-state index contributed by atoms with van der Waals surface area (Å²) in [6.07, 6.45) is -0.0901. The standard InChI is InChI=1S/C14H20N2O5/c1-4-16(8-7-13(17)18)14(19)15-10-5-6-11(20-2)12(9-10)21-3/h5-6,9H,4,7-8H2,1-3H3,(H,15,19)(H,17,18). The molecule has 0 atom stereocenters. The van der Waals surface area contributed by atoms with Gasteiger partial charge in [0.25, 0.3) is 0 Å². The Hall–Kier alpha value is -2.44. The molecule has 1 aromatic rings. The molecule has 2 N–H and O–H groups in total. The van der Waals surface area contributed by atoms with Crippen molar-refractivity contribution in [2.45, 2.75) is 13.3 Å². The van der Waals surface area contributed by atoms with Crippen molar-refractivity contribution in [2.75, 3.05) is 32.6 Å². The van der Waals surface area contributed by atoms with Gasteiger partial charge < -0.3 is 24.8 Å². The minimum absolute atomic E-state index is 0.0901. The number of carbonyl (C=O) groups excluding carboxylic acids is 1. The average molecular weight is 296 g/mol. The van der Waals surface area contributed by atoms with Gasteiger partial charge in [-0.15, -0.1) is 0 Å². The highest BCUT2D eigenvalue weighted by atomic mass is 16.5. The van der Waals surface area contributed by atoms with Crippen LogP contribution < -0.4 is 14.8 Å². The SMILES string of the molecule is CCN(CCC(=O)O)C(=O)Nc1ccc(OC)c(OC)c1. The number of nitrogens with zero attached hydrogens (tertiary/aromatic N) is 1. The molecule has 0 saturated heterocycles. The molecule has 0 unspecified atom stereocenters. The van der Waals surface area contributed by atoms with Crippen LogP contribution in [0.4, 0.5) is 10.5 Å². The van der Waals surface area contributed by atoms with Gasteiger partial charge in [-0.3, -0.25) is 4.79 Å². The van der Waals surface area contributed by atoms with Crippen LogP contribution in [0.2, 0.25) is 0 Å². The molecule has 1 aromatic carbocycles. The lowest BCUT2D eigenvalue weighted by atomic mass is 10.2. The van der Waals surface area contributed by atoms with Gasteiger partial charge in [0.05, 0.1) is 20.6 Å². The fourth-order valence-electron chi connectivity index (χ4n) is 1.75. The van der Waals surface area contributed by atoms with E-state index in [1.165, 1.54) is 19.1 Å². The quantitative estimate of drug-likeness (QED) is 0.803. The van der Waals surface area contributed by atoms with E-state index in [9.17, 15) is 9.59 Å². The highest BCUT2D eigenvalue weighted by Gasteiger charge is 2.14. The van der Waals surface area contributed by atoms with Crippen molar-refractivity contribution < 1.29 is 24.2 Å². The Balaban J connectivity index is 2.74. The van der Waals surface area contributed by atoms with Crippen LogP contribution >= 0.6 is 0 Å². The van der Waals surface area contributed by atoms with Gasteiger partial charge in [0, 0.05) is 24.8 Å². The van der Waals surface area contributed by atoms with E-state index in [1.807, 2.05) is 0 Å². The number of aliphatic carboxylic acids is 1. The van der Waals surface area contributed by atoms with Crippen LogP contribution in [0.3, 0.4) is 0 Å². The topological polar surface area (TPSA) is 88.1 Å². The molecule has 0 radical (unpaired) electrons. The number of hydrogen-bond acceptors (Lipinski definition) is 4. The molecule has 0 aromatic heterocycles. The van der Waals surface area contributed by atoms with E-state index in [0.29, 0.717) is 23.7 Å². The first-order valence-corrected chi connectivity index (χ1v) is 6.51.